The minimum atomic E-state index is -0.596. The Balaban J connectivity index is 2.13. The van der Waals surface area contributed by atoms with Gasteiger partial charge in [-0.15, -0.1) is 5.10 Å². The maximum absolute atomic E-state index is 13.4. The summed E-state index contributed by atoms with van der Waals surface area (Å²) in [6.07, 6.45) is 0. The smallest absolute Gasteiger partial charge is 0.320 e. The van der Waals surface area contributed by atoms with Crippen LogP contribution in [0.25, 0.3) is 0 Å². The minimum Gasteiger partial charge on any atom is -0.406 e. The summed E-state index contributed by atoms with van der Waals surface area (Å²) >= 11 is 0. The molecule has 5 nitrogen and oxygen atoms in total. The number of nitrogens with one attached hydrogen (secondary N) is 2. The van der Waals surface area contributed by atoms with Gasteiger partial charge in [0.05, 0.1) is 11.7 Å². The van der Waals surface area contributed by atoms with Crippen LogP contribution in [-0.2, 0) is 0 Å². The van der Waals surface area contributed by atoms with E-state index in [2.05, 4.69) is 20.8 Å². The summed E-state index contributed by atoms with van der Waals surface area (Å²) in [5, 5.41) is 13.2. The Kier molecular flexibility index (Phi) is 4.06. The standard InChI is InChI=1S/C12H14F2N4O/c1-3-15-7(2)11-17-18-12(19-11)16-10-6-8(13)4-5-9(10)14/h4-7,15H,3H2,1-2H3,(H,16,18). The van der Waals surface area contributed by atoms with E-state index in [0.29, 0.717) is 5.89 Å². The third-order valence-electron chi connectivity index (χ3n) is 2.49. The van der Waals surface area contributed by atoms with Gasteiger partial charge >= 0.3 is 6.01 Å². The Bertz CT molecular complexity index is 558. The molecule has 1 aromatic heterocycles. The normalized spacial score (nSPS) is 12.4. The van der Waals surface area contributed by atoms with E-state index in [9.17, 15) is 8.78 Å². The fraction of sp³-hybridized carbons (Fsp3) is 0.333. The van der Waals surface area contributed by atoms with E-state index in [1.54, 1.807) is 0 Å². The van der Waals surface area contributed by atoms with Crippen LogP contribution in [0, 0.1) is 11.6 Å². The van der Waals surface area contributed by atoms with Gasteiger partial charge in [0, 0.05) is 6.07 Å². The third-order valence-corrected chi connectivity index (χ3v) is 2.49. The lowest BCUT2D eigenvalue weighted by Crippen LogP contribution is -2.17. The molecule has 102 valence electrons. The van der Waals surface area contributed by atoms with E-state index in [-0.39, 0.29) is 17.7 Å². The predicted molar refractivity (Wildman–Crippen MR) is 66.0 cm³/mol. The topological polar surface area (TPSA) is 63.0 Å². The van der Waals surface area contributed by atoms with Crippen molar-refractivity contribution in [3.63, 3.8) is 0 Å². The minimum absolute atomic E-state index is 0.0178. The zero-order valence-corrected chi connectivity index (χ0v) is 10.6. The lowest BCUT2D eigenvalue weighted by atomic mass is 10.3. The molecule has 7 heteroatoms. The monoisotopic (exact) mass is 268 g/mol. The van der Waals surface area contributed by atoms with E-state index in [1.165, 1.54) is 0 Å². The van der Waals surface area contributed by atoms with Gasteiger partial charge in [0.1, 0.15) is 11.6 Å². The molecule has 1 aromatic carbocycles. The molecule has 2 N–H and O–H groups in total. The number of hydrogen-bond acceptors (Lipinski definition) is 5. The van der Waals surface area contributed by atoms with Crippen molar-refractivity contribution >= 4 is 11.7 Å². The van der Waals surface area contributed by atoms with Crippen molar-refractivity contribution in [2.45, 2.75) is 19.9 Å². The second kappa shape index (κ2) is 5.75. The molecule has 1 unspecified atom stereocenters. The van der Waals surface area contributed by atoms with Crippen molar-refractivity contribution in [3.05, 3.63) is 35.7 Å². The Morgan fingerprint density at radius 3 is 2.84 bits per heavy atom. The Morgan fingerprint density at radius 1 is 1.32 bits per heavy atom. The van der Waals surface area contributed by atoms with Crippen LogP contribution in [0.2, 0.25) is 0 Å². The zero-order chi connectivity index (χ0) is 13.8. The summed E-state index contributed by atoms with van der Waals surface area (Å²) in [6.45, 7) is 4.57. The molecule has 0 saturated carbocycles. The van der Waals surface area contributed by atoms with Crippen LogP contribution in [0.3, 0.4) is 0 Å². The molecule has 1 atom stereocenters. The predicted octanol–water partition coefficient (Wildman–Crippen LogP) is 2.76. The zero-order valence-electron chi connectivity index (χ0n) is 10.6. The van der Waals surface area contributed by atoms with Crippen LogP contribution in [0.15, 0.2) is 22.6 Å². The Hall–Kier alpha value is -2.02. The molecule has 2 aromatic rings. The van der Waals surface area contributed by atoms with E-state index in [4.69, 9.17) is 4.42 Å². The first-order valence-electron chi connectivity index (χ1n) is 5.89. The number of anilines is 2. The Labute approximate surface area is 109 Å². The second-order valence-corrected chi connectivity index (χ2v) is 3.97. The first-order valence-corrected chi connectivity index (χ1v) is 5.89. The molecular formula is C12H14F2N4O. The van der Waals surface area contributed by atoms with Crippen molar-refractivity contribution in [2.75, 3.05) is 11.9 Å². The number of aromatic nitrogens is 2. The highest BCUT2D eigenvalue weighted by Gasteiger charge is 2.14. The maximum atomic E-state index is 13.4. The van der Waals surface area contributed by atoms with Crippen LogP contribution in [0.4, 0.5) is 20.5 Å². The second-order valence-electron chi connectivity index (χ2n) is 3.97. The van der Waals surface area contributed by atoms with Gasteiger partial charge in [0.2, 0.25) is 5.89 Å². The van der Waals surface area contributed by atoms with Gasteiger partial charge < -0.3 is 15.1 Å². The molecule has 2 rings (SSSR count). The lowest BCUT2D eigenvalue weighted by Gasteiger charge is -2.06. The molecule has 0 aliphatic carbocycles. The van der Waals surface area contributed by atoms with E-state index in [0.717, 1.165) is 24.7 Å². The molecule has 0 aliphatic heterocycles. The van der Waals surface area contributed by atoms with Crippen molar-refractivity contribution < 1.29 is 13.2 Å². The van der Waals surface area contributed by atoms with Gasteiger partial charge in [0.15, 0.2) is 0 Å². The van der Waals surface area contributed by atoms with Crippen molar-refractivity contribution in [1.29, 1.82) is 0 Å². The summed E-state index contributed by atoms with van der Waals surface area (Å²) in [6, 6.07) is 2.99. The quantitative estimate of drug-likeness (QED) is 0.873. The summed E-state index contributed by atoms with van der Waals surface area (Å²) in [5.74, 6) is -0.772. The summed E-state index contributed by atoms with van der Waals surface area (Å²) in [4.78, 5) is 0. The van der Waals surface area contributed by atoms with E-state index in [1.807, 2.05) is 13.8 Å². The molecule has 0 spiro atoms. The van der Waals surface area contributed by atoms with Gasteiger partial charge in [-0.3, -0.25) is 0 Å². The average Bonchev–Trinajstić information content (AvgIpc) is 2.83. The number of benzene rings is 1. The van der Waals surface area contributed by atoms with Gasteiger partial charge in [-0.05, 0) is 25.6 Å². The molecule has 0 bridgehead atoms. The van der Waals surface area contributed by atoms with Crippen molar-refractivity contribution in [3.8, 4) is 0 Å². The molecule has 19 heavy (non-hydrogen) atoms. The molecule has 1 heterocycles. The fourth-order valence-electron chi connectivity index (χ4n) is 1.56. The maximum Gasteiger partial charge on any atom is 0.320 e. The number of rotatable bonds is 5. The van der Waals surface area contributed by atoms with Crippen LogP contribution in [0.5, 0.6) is 0 Å². The highest BCUT2D eigenvalue weighted by atomic mass is 19.1. The van der Waals surface area contributed by atoms with E-state index >= 15 is 0 Å². The van der Waals surface area contributed by atoms with E-state index < -0.39 is 11.6 Å². The Morgan fingerprint density at radius 2 is 2.11 bits per heavy atom. The SMILES string of the molecule is CCNC(C)c1nnc(Nc2cc(F)ccc2F)o1. The molecule has 0 saturated heterocycles. The molecule has 0 aliphatic rings. The molecule has 0 fully saturated rings. The number of halogens is 2. The molecular weight excluding hydrogens is 254 g/mol. The average molecular weight is 268 g/mol. The van der Waals surface area contributed by atoms with Crippen LogP contribution in [-0.4, -0.2) is 16.7 Å². The highest BCUT2D eigenvalue weighted by molar-refractivity contribution is 5.52. The van der Waals surface area contributed by atoms with Crippen LogP contribution < -0.4 is 10.6 Å². The van der Waals surface area contributed by atoms with Gasteiger partial charge in [-0.25, -0.2) is 8.78 Å². The first-order chi connectivity index (χ1) is 9.10. The fourth-order valence-corrected chi connectivity index (χ4v) is 1.56. The van der Waals surface area contributed by atoms with Gasteiger partial charge in [-0.1, -0.05) is 12.0 Å². The number of hydrogen-bond donors (Lipinski definition) is 2. The highest BCUT2D eigenvalue weighted by Crippen LogP contribution is 2.21. The molecule has 0 radical (unpaired) electrons. The van der Waals surface area contributed by atoms with Crippen molar-refractivity contribution in [1.82, 2.24) is 15.5 Å². The van der Waals surface area contributed by atoms with Crippen LogP contribution >= 0.6 is 0 Å². The van der Waals surface area contributed by atoms with Crippen LogP contribution in [0.1, 0.15) is 25.8 Å². The lowest BCUT2D eigenvalue weighted by molar-refractivity contribution is 0.430. The first kappa shape index (κ1) is 13.4. The van der Waals surface area contributed by atoms with Crippen molar-refractivity contribution in [2.24, 2.45) is 0 Å². The molecule has 0 amide bonds. The summed E-state index contributed by atoms with van der Waals surface area (Å²) in [5.41, 5.74) is -0.0497. The largest absolute Gasteiger partial charge is 0.406 e. The third kappa shape index (κ3) is 3.25. The van der Waals surface area contributed by atoms with Gasteiger partial charge in [0.25, 0.3) is 0 Å². The van der Waals surface area contributed by atoms with Gasteiger partial charge in [-0.2, -0.15) is 0 Å². The summed E-state index contributed by atoms with van der Waals surface area (Å²) in [7, 11) is 0. The number of nitrogens with zero attached hydrogens (tertiary/aromatic N) is 2. The summed E-state index contributed by atoms with van der Waals surface area (Å²) < 4.78 is 31.7.